The number of phenolic OH excluding ortho intramolecular Hbond substituents is 2. The Labute approximate surface area is 198 Å². The van der Waals surface area contributed by atoms with Crippen LogP contribution in [-0.4, -0.2) is 48.7 Å². The summed E-state index contributed by atoms with van der Waals surface area (Å²) in [5, 5.41) is 27.0. The zero-order valence-electron chi connectivity index (χ0n) is 15.6. The van der Waals surface area contributed by atoms with Crippen molar-refractivity contribution in [1.29, 1.82) is 0 Å². The van der Waals surface area contributed by atoms with Crippen LogP contribution < -0.4 is 20.3 Å². The summed E-state index contributed by atoms with van der Waals surface area (Å²) in [6, 6.07) is 6.27. The van der Waals surface area contributed by atoms with Crippen LogP contribution in [0.25, 0.3) is 0 Å². The molecule has 0 aliphatic rings. The van der Waals surface area contributed by atoms with E-state index in [1.807, 2.05) is 45.2 Å². The van der Waals surface area contributed by atoms with Gasteiger partial charge >= 0.3 is 11.8 Å². The van der Waals surface area contributed by atoms with Crippen molar-refractivity contribution in [2.24, 2.45) is 10.2 Å². The number of nitrogens with zero attached hydrogens (tertiary/aromatic N) is 2. The van der Waals surface area contributed by atoms with E-state index in [9.17, 15) is 19.8 Å². The van der Waals surface area contributed by atoms with Gasteiger partial charge in [0.05, 0.1) is 33.8 Å². The lowest BCUT2D eigenvalue weighted by atomic mass is 10.2. The number of nitrogens with one attached hydrogen (secondary N) is 2. The number of hydrogen-bond acceptors (Lipinski definition) is 8. The van der Waals surface area contributed by atoms with Gasteiger partial charge in [0.1, 0.15) is 0 Å². The van der Waals surface area contributed by atoms with Crippen molar-refractivity contribution in [2.45, 2.75) is 0 Å². The van der Waals surface area contributed by atoms with Gasteiger partial charge in [-0.25, -0.2) is 10.9 Å². The number of halogens is 2. The monoisotopic (exact) mass is 638 g/mol. The van der Waals surface area contributed by atoms with E-state index in [2.05, 4.69) is 21.1 Å². The predicted molar refractivity (Wildman–Crippen MR) is 126 cm³/mol. The third-order valence-electron chi connectivity index (χ3n) is 3.51. The minimum absolute atomic E-state index is 0.00235. The number of methoxy groups -OCH3 is 2. The van der Waals surface area contributed by atoms with E-state index in [0.29, 0.717) is 18.3 Å². The Morgan fingerprint density at radius 2 is 1.20 bits per heavy atom. The van der Waals surface area contributed by atoms with Crippen molar-refractivity contribution < 1.29 is 29.3 Å². The number of phenols is 2. The maximum atomic E-state index is 11.8. The average Bonchev–Trinajstić information content (AvgIpc) is 2.72. The van der Waals surface area contributed by atoms with E-state index in [-0.39, 0.29) is 23.0 Å². The van der Waals surface area contributed by atoms with Gasteiger partial charge in [-0.15, -0.1) is 0 Å². The molecular weight excluding hydrogens is 622 g/mol. The summed E-state index contributed by atoms with van der Waals surface area (Å²) in [7, 11) is 2.82. The van der Waals surface area contributed by atoms with Gasteiger partial charge in [-0.2, -0.15) is 10.2 Å². The van der Waals surface area contributed by atoms with E-state index in [1.165, 1.54) is 38.8 Å². The summed E-state index contributed by atoms with van der Waals surface area (Å²) in [4.78, 5) is 23.6. The van der Waals surface area contributed by atoms with Crippen LogP contribution in [0.3, 0.4) is 0 Å². The van der Waals surface area contributed by atoms with Crippen molar-refractivity contribution in [3.63, 3.8) is 0 Å². The molecule has 10 nitrogen and oxygen atoms in total. The van der Waals surface area contributed by atoms with E-state index in [4.69, 9.17) is 9.47 Å². The third kappa shape index (κ3) is 6.19. The van der Waals surface area contributed by atoms with E-state index in [0.717, 1.165) is 0 Å². The number of carbonyl (C=O) groups is 2. The molecule has 0 atom stereocenters. The number of rotatable bonds is 6. The van der Waals surface area contributed by atoms with Crippen LogP contribution in [0.5, 0.6) is 23.0 Å². The Hall–Kier alpha value is -2.62. The van der Waals surface area contributed by atoms with Crippen LogP contribution in [0.4, 0.5) is 0 Å². The van der Waals surface area contributed by atoms with Gasteiger partial charge in [0.2, 0.25) is 0 Å². The first kappa shape index (κ1) is 23.7. The van der Waals surface area contributed by atoms with Crippen molar-refractivity contribution >= 4 is 69.4 Å². The summed E-state index contributed by atoms with van der Waals surface area (Å²) in [5.74, 6) is -1.55. The summed E-state index contributed by atoms with van der Waals surface area (Å²) in [6.07, 6.45) is 2.59. The third-order valence-corrected chi connectivity index (χ3v) is 5.15. The highest BCUT2D eigenvalue weighted by atomic mass is 127. The molecule has 0 unspecified atom stereocenters. The fraction of sp³-hybridized carbons (Fsp3) is 0.111. The second kappa shape index (κ2) is 11.0. The molecule has 0 saturated heterocycles. The standard InChI is InChI=1S/C18H16I2N4O6/c1-29-13-5-9(3-11(19)15(13)25)7-21-23-17(27)18(28)24-22-8-10-4-12(20)16(26)14(6-10)30-2/h3-8,25-26H,1-2H3,(H,23,27)(H,24,28)/b21-7+,22-8?. The molecule has 0 aromatic heterocycles. The molecule has 158 valence electrons. The molecule has 2 aromatic carbocycles. The van der Waals surface area contributed by atoms with Crippen LogP contribution in [0, 0.1) is 7.14 Å². The molecular formula is C18H16I2N4O6. The lowest BCUT2D eigenvalue weighted by Crippen LogP contribution is -2.35. The fourth-order valence-corrected chi connectivity index (χ4v) is 3.33. The molecule has 4 N–H and O–H groups in total. The highest BCUT2D eigenvalue weighted by Gasteiger charge is 2.12. The normalized spacial score (nSPS) is 10.9. The van der Waals surface area contributed by atoms with Crippen LogP contribution >= 0.6 is 45.2 Å². The Morgan fingerprint density at radius 1 is 0.833 bits per heavy atom. The number of hydrazone groups is 2. The molecule has 30 heavy (non-hydrogen) atoms. The minimum Gasteiger partial charge on any atom is -0.504 e. The van der Waals surface area contributed by atoms with Gasteiger partial charge in [-0.1, -0.05) is 0 Å². The molecule has 2 rings (SSSR count). The van der Waals surface area contributed by atoms with E-state index < -0.39 is 11.8 Å². The first-order valence-electron chi connectivity index (χ1n) is 8.06. The Kier molecular flexibility index (Phi) is 8.64. The first-order chi connectivity index (χ1) is 14.3. The number of amides is 2. The van der Waals surface area contributed by atoms with Gasteiger partial charge in [0.15, 0.2) is 23.0 Å². The molecule has 2 aromatic rings. The molecule has 0 heterocycles. The number of aromatic hydroxyl groups is 2. The zero-order chi connectivity index (χ0) is 22.3. The van der Waals surface area contributed by atoms with Gasteiger partial charge in [-0.3, -0.25) is 9.59 Å². The van der Waals surface area contributed by atoms with Gasteiger partial charge in [0.25, 0.3) is 0 Å². The second-order valence-electron chi connectivity index (χ2n) is 5.51. The highest BCUT2D eigenvalue weighted by Crippen LogP contribution is 2.32. The van der Waals surface area contributed by atoms with Crippen molar-refractivity contribution in [3.8, 4) is 23.0 Å². The Morgan fingerprint density at radius 3 is 1.53 bits per heavy atom. The molecule has 0 saturated carbocycles. The van der Waals surface area contributed by atoms with E-state index >= 15 is 0 Å². The van der Waals surface area contributed by atoms with Gasteiger partial charge in [-0.05, 0) is 80.6 Å². The van der Waals surface area contributed by atoms with Crippen LogP contribution in [0.2, 0.25) is 0 Å². The second-order valence-corrected chi connectivity index (χ2v) is 7.83. The average molecular weight is 638 g/mol. The molecule has 0 bridgehead atoms. The predicted octanol–water partition coefficient (Wildman–Crippen LogP) is 1.92. The number of ether oxygens (including phenoxy) is 2. The first-order valence-corrected chi connectivity index (χ1v) is 10.2. The Balaban J connectivity index is 1.95. The smallest absolute Gasteiger partial charge is 0.331 e. The van der Waals surface area contributed by atoms with Crippen LogP contribution in [0.1, 0.15) is 11.1 Å². The summed E-state index contributed by atoms with van der Waals surface area (Å²) in [5.41, 5.74) is 5.23. The van der Waals surface area contributed by atoms with Gasteiger partial charge < -0.3 is 19.7 Å². The summed E-state index contributed by atoms with van der Waals surface area (Å²) in [6.45, 7) is 0. The largest absolute Gasteiger partial charge is 0.504 e. The molecule has 2 amide bonds. The van der Waals surface area contributed by atoms with Gasteiger partial charge in [0, 0.05) is 0 Å². The fourth-order valence-electron chi connectivity index (χ4n) is 2.08. The number of carbonyl (C=O) groups excluding carboxylic acids is 2. The number of benzene rings is 2. The molecule has 0 spiro atoms. The lowest BCUT2D eigenvalue weighted by Gasteiger charge is -2.06. The van der Waals surface area contributed by atoms with E-state index in [1.54, 1.807) is 12.1 Å². The van der Waals surface area contributed by atoms with Crippen molar-refractivity contribution in [1.82, 2.24) is 10.9 Å². The minimum atomic E-state index is -1.03. The van der Waals surface area contributed by atoms with Crippen molar-refractivity contribution in [2.75, 3.05) is 14.2 Å². The maximum absolute atomic E-state index is 11.8. The SMILES string of the molecule is COc1cc(C=NNC(=O)C(=O)N/N=C/c2cc(I)c(O)c(OC)c2)cc(I)c1O. The van der Waals surface area contributed by atoms with Crippen LogP contribution in [0.15, 0.2) is 34.5 Å². The highest BCUT2D eigenvalue weighted by molar-refractivity contribution is 14.1. The molecule has 0 radical (unpaired) electrons. The Bertz CT molecular complexity index is 945. The molecule has 0 fully saturated rings. The molecule has 0 aliphatic heterocycles. The topological polar surface area (TPSA) is 142 Å². The summed E-state index contributed by atoms with van der Waals surface area (Å²) >= 11 is 3.84. The summed E-state index contributed by atoms with van der Waals surface area (Å²) < 4.78 is 11.1. The quantitative estimate of drug-likeness (QED) is 0.165. The zero-order valence-corrected chi connectivity index (χ0v) is 20.0. The maximum Gasteiger partial charge on any atom is 0.331 e. The lowest BCUT2D eigenvalue weighted by molar-refractivity contribution is -0.139. The molecule has 0 aliphatic carbocycles. The van der Waals surface area contributed by atoms with Crippen LogP contribution in [-0.2, 0) is 9.59 Å². The number of hydrogen-bond donors (Lipinski definition) is 4. The molecule has 12 heteroatoms. The van der Waals surface area contributed by atoms with Crippen molar-refractivity contribution in [3.05, 3.63) is 42.5 Å².